The number of fused-ring (bicyclic) bond motifs is 3. The number of hydrogen-bond donors (Lipinski definition) is 0. The Labute approximate surface area is 150 Å². The minimum atomic E-state index is 0.657. The normalized spacial score (nSPS) is 13.5. The maximum Gasteiger partial charge on any atom is 0.502 e. The Morgan fingerprint density at radius 1 is 0.885 bits per heavy atom. The standard InChI is InChI=1S/C22H17N3O/c1-15-11-16(2)13-17(12-15)24-9-10-25(14-24)20-7-3-5-18-19-6-4-8-23-22(19)26-21(18)20/h3-13H,1-2H3/q+2. The van der Waals surface area contributed by atoms with Gasteiger partial charge in [-0.05, 0) is 43.2 Å². The molecule has 0 radical (unpaired) electrons. The minimum Gasteiger partial charge on any atom is -0.431 e. The lowest BCUT2D eigenvalue weighted by atomic mass is 10.1. The van der Waals surface area contributed by atoms with Crippen LogP contribution in [0.15, 0.2) is 71.5 Å². The summed E-state index contributed by atoms with van der Waals surface area (Å²) in [7, 11) is 0. The van der Waals surface area contributed by atoms with Gasteiger partial charge in [0.05, 0.1) is 0 Å². The lowest BCUT2D eigenvalue weighted by Crippen LogP contribution is -1.95. The molecule has 1 aliphatic heterocycles. The minimum absolute atomic E-state index is 0.657. The second kappa shape index (κ2) is 5.51. The molecule has 0 bridgehead atoms. The fourth-order valence-electron chi connectivity index (χ4n) is 3.49. The summed E-state index contributed by atoms with van der Waals surface area (Å²) in [5.74, 6) is 0. The van der Waals surface area contributed by atoms with Gasteiger partial charge in [-0.3, -0.25) is 0 Å². The van der Waals surface area contributed by atoms with Gasteiger partial charge < -0.3 is 4.42 Å². The molecule has 0 atom stereocenters. The molecule has 0 saturated heterocycles. The first-order valence-electron chi connectivity index (χ1n) is 8.57. The van der Waals surface area contributed by atoms with Crippen LogP contribution < -0.4 is 0 Å². The van der Waals surface area contributed by atoms with E-state index in [2.05, 4.69) is 49.1 Å². The average molecular weight is 339 g/mol. The van der Waals surface area contributed by atoms with Crippen molar-refractivity contribution in [2.45, 2.75) is 13.8 Å². The number of para-hydroxylation sites is 1. The van der Waals surface area contributed by atoms with Gasteiger partial charge in [0.1, 0.15) is 0 Å². The van der Waals surface area contributed by atoms with Crippen LogP contribution in [-0.2, 0) is 0 Å². The Morgan fingerprint density at radius 2 is 1.65 bits per heavy atom. The summed E-state index contributed by atoms with van der Waals surface area (Å²) in [6, 6.07) is 20.0. The Kier molecular flexibility index (Phi) is 3.14. The van der Waals surface area contributed by atoms with E-state index in [-0.39, 0.29) is 0 Å². The van der Waals surface area contributed by atoms with Crippen molar-refractivity contribution in [1.29, 1.82) is 0 Å². The molecule has 2 aromatic heterocycles. The molecule has 4 nitrogen and oxygen atoms in total. The molecule has 0 fully saturated rings. The fraction of sp³-hybridized carbons (Fsp3) is 0.0909. The molecule has 0 saturated carbocycles. The Hall–Kier alpha value is -3.49. The van der Waals surface area contributed by atoms with E-state index in [4.69, 9.17) is 4.42 Å². The molecule has 4 aromatic rings. The Bertz CT molecular complexity index is 1270. The fourth-order valence-corrected chi connectivity index (χ4v) is 3.49. The van der Waals surface area contributed by atoms with Gasteiger partial charge in [-0.2, -0.15) is 0 Å². The Morgan fingerprint density at radius 3 is 2.50 bits per heavy atom. The predicted molar refractivity (Wildman–Crippen MR) is 101 cm³/mol. The first kappa shape index (κ1) is 14.8. The van der Waals surface area contributed by atoms with Crippen molar-refractivity contribution < 1.29 is 13.6 Å². The summed E-state index contributed by atoms with van der Waals surface area (Å²) in [4.78, 5) is 4.33. The topological polar surface area (TPSA) is 32.0 Å². The maximum atomic E-state index is 6.03. The first-order valence-corrected chi connectivity index (χ1v) is 8.57. The quantitative estimate of drug-likeness (QED) is 0.468. The first-order chi connectivity index (χ1) is 12.7. The van der Waals surface area contributed by atoms with Gasteiger partial charge in [0.15, 0.2) is 0 Å². The second-order valence-corrected chi connectivity index (χ2v) is 6.60. The highest BCUT2D eigenvalue weighted by Gasteiger charge is 2.25. The van der Waals surface area contributed by atoms with E-state index in [1.54, 1.807) is 6.20 Å². The lowest BCUT2D eigenvalue weighted by molar-refractivity contribution is -0.386. The highest BCUT2D eigenvalue weighted by Crippen LogP contribution is 2.34. The number of benzene rings is 2. The van der Waals surface area contributed by atoms with Gasteiger partial charge in [-0.25, -0.2) is 4.98 Å². The summed E-state index contributed by atoms with van der Waals surface area (Å²) in [6.07, 6.45) is 5.75. The number of nitrogens with zero attached hydrogens (tertiary/aromatic N) is 3. The zero-order valence-electron chi connectivity index (χ0n) is 14.6. The SMILES string of the molecule is Cc1cc(C)cc([N+]2=C=[N+](c3cccc4c3oc3ncccc34)C=C2)c1. The number of aryl methyl sites for hydroxylation is 2. The maximum absolute atomic E-state index is 6.03. The summed E-state index contributed by atoms with van der Waals surface area (Å²) in [6.45, 7) is 4.21. The molecular weight excluding hydrogens is 322 g/mol. The van der Waals surface area contributed by atoms with E-state index in [1.807, 2.05) is 45.8 Å². The van der Waals surface area contributed by atoms with E-state index in [1.165, 1.54) is 11.1 Å². The van der Waals surface area contributed by atoms with Gasteiger partial charge in [0, 0.05) is 35.2 Å². The third-order valence-corrected chi connectivity index (χ3v) is 4.58. The van der Waals surface area contributed by atoms with Crippen LogP contribution in [0.4, 0.5) is 11.4 Å². The monoisotopic (exact) mass is 339 g/mol. The van der Waals surface area contributed by atoms with Crippen LogP contribution in [0.2, 0.25) is 0 Å². The number of furan rings is 1. The molecule has 3 heterocycles. The van der Waals surface area contributed by atoms with Crippen molar-refractivity contribution >= 4 is 39.5 Å². The van der Waals surface area contributed by atoms with Crippen LogP contribution in [0.1, 0.15) is 11.1 Å². The molecule has 4 heteroatoms. The van der Waals surface area contributed by atoms with E-state index < -0.39 is 0 Å². The summed E-state index contributed by atoms with van der Waals surface area (Å²) in [5.41, 5.74) is 5.99. The van der Waals surface area contributed by atoms with Crippen molar-refractivity contribution in [3.63, 3.8) is 0 Å². The van der Waals surface area contributed by atoms with Crippen molar-refractivity contribution in [2.24, 2.45) is 0 Å². The summed E-state index contributed by atoms with van der Waals surface area (Å²) < 4.78 is 9.99. The van der Waals surface area contributed by atoms with Crippen LogP contribution >= 0.6 is 0 Å². The molecular formula is C22H17N3O+2. The van der Waals surface area contributed by atoms with Crippen LogP contribution in [0.3, 0.4) is 0 Å². The van der Waals surface area contributed by atoms with E-state index >= 15 is 0 Å². The summed E-state index contributed by atoms with van der Waals surface area (Å²) >= 11 is 0. The largest absolute Gasteiger partial charge is 0.502 e. The zero-order valence-corrected chi connectivity index (χ0v) is 14.6. The lowest BCUT2D eigenvalue weighted by Gasteiger charge is -1.95. The third-order valence-electron chi connectivity index (χ3n) is 4.58. The van der Waals surface area contributed by atoms with Gasteiger partial charge in [0.25, 0.3) is 18.1 Å². The molecule has 0 spiro atoms. The molecule has 2 aromatic carbocycles. The van der Waals surface area contributed by atoms with Gasteiger partial charge >= 0.3 is 6.01 Å². The van der Waals surface area contributed by atoms with Crippen molar-refractivity contribution in [3.8, 4) is 0 Å². The number of rotatable bonds is 2. The van der Waals surface area contributed by atoms with Crippen molar-refractivity contribution in [2.75, 3.05) is 0 Å². The molecule has 0 unspecified atom stereocenters. The van der Waals surface area contributed by atoms with Gasteiger partial charge in [-0.1, -0.05) is 21.3 Å². The van der Waals surface area contributed by atoms with Crippen LogP contribution in [0.25, 0.3) is 22.1 Å². The number of pyridine rings is 1. The predicted octanol–water partition coefficient (Wildman–Crippen LogP) is 5.24. The molecule has 124 valence electrons. The second-order valence-electron chi connectivity index (χ2n) is 6.60. The summed E-state index contributed by atoms with van der Waals surface area (Å²) in [5, 5.41) is 2.09. The Balaban J connectivity index is 1.73. The van der Waals surface area contributed by atoms with E-state index in [0.717, 1.165) is 27.7 Å². The highest BCUT2D eigenvalue weighted by atomic mass is 16.3. The van der Waals surface area contributed by atoms with Crippen LogP contribution in [0.5, 0.6) is 0 Å². The molecule has 26 heavy (non-hydrogen) atoms. The van der Waals surface area contributed by atoms with E-state index in [9.17, 15) is 0 Å². The van der Waals surface area contributed by atoms with Crippen LogP contribution in [-0.4, -0.2) is 20.1 Å². The molecule has 0 N–H and O–H groups in total. The number of hydrogen-bond acceptors (Lipinski definition) is 2. The van der Waals surface area contributed by atoms with Crippen molar-refractivity contribution in [3.05, 3.63) is 78.3 Å². The van der Waals surface area contributed by atoms with Crippen LogP contribution in [0, 0.1) is 13.8 Å². The molecule has 0 aliphatic carbocycles. The molecule has 0 amide bonds. The average Bonchev–Trinajstić information content (AvgIpc) is 3.25. The third kappa shape index (κ3) is 2.28. The number of aromatic nitrogens is 1. The van der Waals surface area contributed by atoms with Gasteiger partial charge in [-0.15, -0.1) is 0 Å². The van der Waals surface area contributed by atoms with Gasteiger partial charge in [0.2, 0.25) is 17.0 Å². The smallest absolute Gasteiger partial charge is 0.431 e. The van der Waals surface area contributed by atoms with Crippen molar-refractivity contribution in [1.82, 2.24) is 4.98 Å². The zero-order chi connectivity index (χ0) is 17.7. The van der Waals surface area contributed by atoms with E-state index in [0.29, 0.717) is 5.71 Å². The highest BCUT2D eigenvalue weighted by molar-refractivity contribution is 6.06. The molecule has 1 aliphatic rings. The molecule has 5 rings (SSSR count).